The minimum atomic E-state index is -0.568. The van der Waals surface area contributed by atoms with Crippen LogP contribution in [0, 0.1) is 12.7 Å². The lowest BCUT2D eigenvalue weighted by molar-refractivity contribution is -0.117. The van der Waals surface area contributed by atoms with Gasteiger partial charge in [0, 0.05) is 16.8 Å². The SMILES string of the molecule is Cc1ccc(/C=C/C(=O)NNC(=O)c2cncn2-c2ccc(F)cc2)cc1Cl. The van der Waals surface area contributed by atoms with Gasteiger partial charge in [-0.2, -0.15) is 0 Å². The number of carbonyl (C=O) groups is 2. The van der Waals surface area contributed by atoms with Gasteiger partial charge in [0.15, 0.2) is 0 Å². The summed E-state index contributed by atoms with van der Waals surface area (Å²) in [5.74, 6) is -1.47. The molecule has 0 bridgehead atoms. The molecule has 3 rings (SSSR count). The van der Waals surface area contributed by atoms with Crippen molar-refractivity contribution in [3.63, 3.8) is 0 Å². The van der Waals surface area contributed by atoms with Crippen LogP contribution in [0.5, 0.6) is 0 Å². The largest absolute Gasteiger partial charge is 0.295 e. The molecule has 2 N–H and O–H groups in total. The van der Waals surface area contributed by atoms with Crippen LogP contribution >= 0.6 is 11.6 Å². The minimum absolute atomic E-state index is 0.182. The van der Waals surface area contributed by atoms with Crippen molar-refractivity contribution < 1.29 is 14.0 Å². The van der Waals surface area contributed by atoms with E-state index in [4.69, 9.17) is 11.6 Å². The van der Waals surface area contributed by atoms with Crippen molar-refractivity contribution in [1.82, 2.24) is 20.4 Å². The summed E-state index contributed by atoms with van der Waals surface area (Å²) in [7, 11) is 0. The number of hydrazine groups is 1. The quantitative estimate of drug-likeness (QED) is 0.522. The van der Waals surface area contributed by atoms with Crippen molar-refractivity contribution in [3.8, 4) is 5.69 Å². The number of hydrogen-bond donors (Lipinski definition) is 2. The lowest BCUT2D eigenvalue weighted by Crippen LogP contribution is -2.41. The fraction of sp³-hybridized carbons (Fsp3) is 0.0500. The summed E-state index contributed by atoms with van der Waals surface area (Å²) < 4.78 is 14.5. The van der Waals surface area contributed by atoms with Crippen LogP contribution in [-0.2, 0) is 4.79 Å². The van der Waals surface area contributed by atoms with Gasteiger partial charge in [-0.3, -0.25) is 25.0 Å². The molecule has 0 radical (unpaired) electrons. The second-order valence-electron chi connectivity index (χ2n) is 5.91. The number of hydrogen-bond acceptors (Lipinski definition) is 3. The highest BCUT2D eigenvalue weighted by atomic mass is 35.5. The highest BCUT2D eigenvalue weighted by Crippen LogP contribution is 2.17. The topological polar surface area (TPSA) is 76.0 Å². The number of benzene rings is 2. The molecule has 3 aromatic rings. The number of nitrogens with zero attached hydrogens (tertiary/aromatic N) is 2. The maximum Gasteiger partial charge on any atom is 0.288 e. The Morgan fingerprint density at radius 2 is 1.89 bits per heavy atom. The van der Waals surface area contributed by atoms with E-state index in [0.29, 0.717) is 10.7 Å². The molecule has 2 aromatic carbocycles. The van der Waals surface area contributed by atoms with E-state index in [2.05, 4.69) is 15.8 Å². The molecule has 8 heteroatoms. The van der Waals surface area contributed by atoms with Gasteiger partial charge in [0.05, 0.1) is 12.5 Å². The molecule has 0 saturated carbocycles. The zero-order chi connectivity index (χ0) is 20.1. The Bertz CT molecular complexity index is 1040. The number of halogens is 2. The number of imidazole rings is 1. The van der Waals surface area contributed by atoms with E-state index in [1.165, 1.54) is 47.4 Å². The molecular weight excluding hydrogens is 383 g/mol. The van der Waals surface area contributed by atoms with Crippen molar-refractivity contribution in [2.45, 2.75) is 6.92 Å². The van der Waals surface area contributed by atoms with Crippen LogP contribution in [0.2, 0.25) is 5.02 Å². The van der Waals surface area contributed by atoms with E-state index < -0.39 is 11.8 Å². The lowest BCUT2D eigenvalue weighted by atomic mass is 10.1. The number of aromatic nitrogens is 2. The molecular formula is C20H16ClFN4O2. The van der Waals surface area contributed by atoms with E-state index in [0.717, 1.165) is 11.1 Å². The zero-order valence-electron chi connectivity index (χ0n) is 14.8. The number of nitrogens with one attached hydrogen (secondary N) is 2. The number of amides is 2. The third-order valence-corrected chi connectivity index (χ3v) is 4.31. The Kier molecular flexibility index (Phi) is 5.86. The Morgan fingerprint density at radius 1 is 1.14 bits per heavy atom. The summed E-state index contributed by atoms with van der Waals surface area (Å²) in [6.45, 7) is 1.88. The molecule has 142 valence electrons. The van der Waals surface area contributed by atoms with E-state index >= 15 is 0 Å². The summed E-state index contributed by atoms with van der Waals surface area (Å²) in [5.41, 5.74) is 7.05. The summed E-state index contributed by atoms with van der Waals surface area (Å²) in [4.78, 5) is 28.2. The fourth-order valence-corrected chi connectivity index (χ4v) is 2.57. The second-order valence-corrected chi connectivity index (χ2v) is 6.32. The normalized spacial score (nSPS) is 10.8. The molecule has 0 atom stereocenters. The zero-order valence-corrected chi connectivity index (χ0v) is 15.6. The molecule has 0 aliphatic rings. The van der Waals surface area contributed by atoms with E-state index in [1.807, 2.05) is 19.1 Å². The van der Waals surface area contributed by atoms with Crippen molar-refractivity contribution in [1.29, 1.82) is 0 Å². The maximum atomic E-state index is 13.1. The average Bonchev–Trinajstić information content (AvgIpc) is 3.17. The van der Waals surface area contributed by atoms with Crippen molar-refractivity contribution in [2.75, 3.05) is 0 Å². The fourth-order valence-electron chi connectivity index (χ4n) is 2.38. The van der Waals surface area contributed by atoms with Gasteiger partial charge in [-0.25, -0.2) is 9.37 Å². The maximum absolute atomic E-state index is 13.1. The molecule has 2 amide bonds. The monoisotopic (exact) mass is 398 g/mol. The van der Waals surface area contributed by atoms with Crippen LogP contribution < -0.4 is 10.9 Å². The first-order valence-electron chi connectivity index (χ1n) is 8.27. The highest BCUT2D eigenvalue weighted by molar-refractivity contribution is 6.31. The Labute approximate surface area is 165 Å². The van der Waals surface area contributed by atoms with Gasteiger partial charge in [0.25, 0.3) is 11.8 Å². The van der Waals surface area contributed by atoms with Crippen LogP contribution in [0.4, 0.5) is 4.39 Å². The van der Waals surface area contributed by atoms with E-state index in [1.54, 1.807) is 12.1 Å². The van der Waals surface area contributed by atoms with Gasteiger partial charge in [0.1, 0.15) is 11.5 Å². The van der Waals surface area contributed by atoms with Crippen LogP contribution in [-0.4, -0.2) is 21.4 Å². The van der Waals surface area contributed by atoms with E-state index in [9.17, 15) is 14.0 Å². The number of carbonyl (C=O) groups excluding carboxylic acids is 2. The smallest absolute Gasteiger partial charge is 0.288 e. The molecule has 6 nitrogen and oxygen atoms in total. The van der Waals surface area contributed by atoms with Crippen molar-refractivity contribution in [2.24, 2.45) is 0 Å². The van der Waals surface area contributed by atoms with Crippen molar-refractivity contribution >= 4 is 29.5 Å². The molecule has 0 spiro atoms. The third kappa shape index (κ3) is 4.63. The standard InChI is InChI=1S/C20H16ClFN4O2/c1-13-2-3-14(10-17(13)21)4-9-19(27)24-25-20(28)18-11-23-12-26(18)16-7-5-15(22)6-8-16/h2-12H,1H3,(H,24,27)(H,25,28)/b9-4+. The first-order chi connectivity index (χ1) is 13.4. The van der Waals surface area contributed by atoms with Gasteiger partial charge in [-0.15, -0.1) is 0 Å². The third-order valence-electron chi connectivity index (χ3n) is 3.90. The van der Waals surface area contributed by atoms with Crippen LogP contribution in [0.3, 0.4) is 0 Å². The van der Waals surface area contributed by atoms with E-state index in [-0.39, 0.29) is 11.5 Å². The molecule has 0 unspecified atom stereocenters. The number of rotatable bonds is 4. The highest BCUT2D eigenvalue weighted by Gasteiger charge is 2.13. The Hall–Kier alpha value is -3.45. The van der Waals surface area contributed by atoms with Crippen molar-refractivity contribution in [3.05, 3.63) is 88.7 Å². The Morgan fingerprint density at radius 3 is 2.61 bits per heavy atom. The van der Waals surface area contributed by atoms with Gasteiger partial charge in [0.2, 0.25) is 0 Å². The first kappa shape index (κ1) is 19.3. The van der Waals surface area contributed by atoms with Gasteiger partial charge >= 0.3 is 0 Å². The molecule has 1 aromatic heterocycles. The van der Waals surface area contributed by atoms with Crippen LogP contribution in [0.1, 0.15) is 21.6 Å². The summed E-state index contributed by atoms with van der Waals surface area (Å²) in [6, 6.07) is 11.0. The summed E-state index contributed by atoms with van der Waals surface area (Å²) in [5, 5.41) is 0.602. The molecule has 0 aliphatic heterocycles. The molecule has 0 aliphatic carbocycles. The molecule has 0 saturated heterocycles. The molecule has 0 fully saturated rings. The van der Waals surface area contributed by atoms with Crippen LogP contribution in [0.25, 0.3) is 11.8 Å². The van der Waals surface area contributed by atoms with Gasteiger partial charge < -0.3 is 0 Å². The van der Waals surface area contributed by atoms with Gasteiger partial charge in [-0.1, -0.05) is 23.7 Å². The minimum Gasteiger partial charge on any atom is -0.295 e. The summed E-state index contributed by atoms with van der Waals surface area (Å²) >= 11 is 6.04. The summed E-state index contributed by atoms with van der Waals surface area (Å²) in [6.07, 6.45) is 5.62. The predicted octanol–water partition coefficient (Wildman–Crippen LogP) is 3.45. The lowest BCUT2D eigenvalue weighted by Gasteiger charge is -2.09. The molecule has 1 heterocycles. The van der Waals surface area contributed by atoms with Crippen LogP contribution in [0.15, 0.2) is 61.1 Å². The second kappa shape index (κ2) is 8.49. The predicted molar refractivity (Wildman–Crippen MR) is 104 cm³/mol. The Balaban J connectivity index is 1.62. The first-order valence-corrected chi connectivity index (χ1v) is 8.64. The average molecular weight is 399 g/mol. The molecule has 28 heavy (non-hydrogen) atoms. The van der Waals surface area contributed by atoms with Gasteiger partial charge in [-0.05, 0) is 54.5 Å². The number of aryl methyl sites for hydroxylation is 1.